The Hall–Kier alpha value is -3.10. The molecule has 1 N–H and O–H groups in total. The zero-order valence-electron chi connectivity index (χ0n) is 19.1. The van der Waals surface area contributed by atoms with Crippen molar-refractivity contribution in [3.63, 3.8) is 0 Å². The van der Waals surface area contributed by atoms with E-state index in [1.165, 1.54) is 42.5 Å². The van der Waals surface area contributed by atoms with Crippen LogP contribution in [0.25, 0.3) is 0 Å². The Morgan fingerprint density at radius 2 is 1.71 bits per heavy atom. The van der Waals surface area contributed by atoms with E-state index in [4.69, 9.17) is 9.47 Å². The maximum Gasteiger partial charge on any atom is 0.407 e. The summed E-state index contributed by atoms with van der Waals surface area (Å²) in [4.78, 5) is 25.2. The molecule has 1 unspecified atom stereocenters. The van der Waals surface area contributed by atoms with Crippen LogP contribution >= 0.6 is 0 Å². The van der Waals surface area contributed by atoms with E-state index in [-0.39, 0.29) is 24.0 Å². The van der Waals surface area contributed by atoms with Gasteiger partial charge >= 0.3 is 18.2 Å². The number of benzene rings is 2. The van der Waals surface area contributed by atoms with Crippen LogP contribution in [0.5, 0.6) is 0 Å². The van der Waals surface area contributed by atoms with Gasteiger partial charge in [-0.1, -0.05) is 48.5 Å². The minimum atomic E-state index is -4.67. The Morgan fingerprint density at radius 3 is 2.29 bits per heavy atom. The molecule has 1 amide bonds. The summed E-state index contributed by atoms with van der Waals surface area (Å²) in [5.74, 6) is -4.59. The van der Waals surface area contributed by atoms with Crippen LogP contribution < -0.4 is 5.32 Å². The number of alkyl halides is 3. The SMILES string of the molecule is CC(C)(C)OC(=O)N[C@@H](Cc1ccccc1F)[C@H]1C[C@@H](C(c2ccccc2)C(F)(F)F)OC1=O. The van der Waals surface area contributed by atoms with E-state index < -0.39 is 53.6 Å². The first kappa shape index (κ1) is 25.5. The molecule has 1 heterocycles. The maximum atomic E-state index is 14.3. The second kappa shape index (κ2) is 10.0. The molecule has 9 heteroatoms. The molecule has 2 aromatic carbocycles. The highest BCUT2D eigenvalue weighted by Crippen LogP contribution is 2.44. The Balaban J connectivity index is 1.88. The quantitative estimate of drug-likeness (QED) is 0.435. The molecule has 0 aliphatic carbocycles. The lowest BCUT2D eigenvalue weighted by Gasteiger charge is -2.27. The molecule has 34 heavy (non-hydrogen) atoms. The smallest absolute Gasteiger partial charge is 0.407 e. The van der Waals surface area contributed by atoms with Crippen LogP contribution in [0.3, 0.4) is 0 Å². The number of esters is 1. The molecule has 0 saturated carbocycles. The number of amides is 1. The van der Waals surface area contributed by atoms with E-state index in [1.54, 1.807) is 32.9 Å². The third-order valence-corrected chi connectivity index (χ3v) is 5.53. The number of ether oxygens (including phenoxy) is 2. The van der Waals surface area contributed by atoms with Crippen molar-refractivity contribution < 1.29 is 36.6 Å². The molecule has 1 aliphatic heterocycles. The normalized spacial score (nSPS) is 20.4. The molecular formula is C25H27F4NO4. The zero-order chi connectivity index (χ0) is 25.1. The number of hydrogen-bond donors (Lipinski definition) is 1. The largest absolute Gasteiger partial charge is 0.461 e. The summed E-state index contributed by atoms with van der Waals surface area (Å²) in [5.41, 5.74) is -0.672. The molecule has 0 aromatic heterocycles. The van der Waals surface area contributed by atoms with Gasteiger partial charge in [0.25, 0.3) is 0 Å². The van der Waals surface area contributed by atoms with Crippen molar-refractivity contribution in [3.05, 3.63) is 71.5 Å². The highest BCUT2D eigenvalue weighted by molar-refractivity contribution is 5.77. The fourth-order valence-corrected chi connectivity index (χ4v) is 4.09. The van der Waals surface area contributed by atoms with Gasteiger partial charge < -0.3 is 14.8 Å². The summed E-state index contributed by atoms with van der Waals surface area (Å²) in [7, 11) is 0. The number of carbonyl (C=O) groups is 2. The number of carbonyl (C=O) groups excluding carboxylic acids is 2. The van der Waals surface area contributed by atoms with Crippen molar-refractivity contribution in [1.29, 1.82) is 0 Å². The van der Waals surface area contributed by atoms with Crippen LogP contribution in [0.2, 0.25) is 0 Å². The standard InChI is InChI=1S/C25H27F4NO4/c1-24(2,3)34-23(32)30-19(13-16-11-7-8-12-18(16)26)17-14-20(33-22(17)31)21(25(27,28)29)15-9-5-4-6-10-15/h4-12,17,19-21H,13-14H2,1-3H3,(H,30,32)/t17-,19+,20+,21?/m1/s1. The first-order valence-electron chi connectivity index (χ1n) is 10.9. The molecule has 5 nitrogen and oxygen atoms in total. The summed E-state index contributed by atoms with van der Waals surface area (Å²) in [5, 5.41) is 2.55. The molecule has 3 rings (SSSR count). The number of nitrogens with one attached hydrogen (secondary N) is 1. The van der Waals surface area contributed by atoms with E-state index >= 15 is 0 Å². The lowest BCUT2D eigenvalue weighted by atomic mass is 9.85. The topological polar surface area (TPSA) is 64.6 Å². The Labute approximate surface area is 195 Å². The number of alkyl carbamates (subject to hydrolysis) is 1. The van der Waals surface area contributed by atoms with Gasteiger partial charge in [0.05, 0.1) is 5.92 Å². The zero-order valence-corrected chi connectivity index (χ0v) is 19.1. The molecule has 184 valence electrons. The molecule has 1 saturated heterocycles. The van der Waals surface area contributed by atoms with Gasteiger partial charge in [-0.2, -0.15) is 13.2 Å². The van der Waals surface area contributed by atoms with Gasteiger partial charge in [-0.25, -0.2) is 9.18 Å². The summed E-state index contributed by atoms with van der Waals surface area (Å²) < 4.78 is 66.7. The summed E-state index contributed by atoms with van der Waals surface area (Å²) in [6.07, 6.45) is -7.43. The number of rotatable bonds is 6. The summed E-state index contributed by atoms with van der Waals surface area (Å²) >= 11 is 0. The van der Waals surface area contributed by atoms with Crippen LogP contribution in [-0.2, 0) is 20.7 Å². The van der Waals surface area contributed by atoms with Gasteiger partial charge in [0.1, 0.15) is 23.4 Å². The maximum absolute atomic E-state index is 14.3. The lowest BCUT2D eigenvalue weighted by Crippen LogP contribution is -2.45. The van der Waals surface area contributed by atoms with E-state index in [2.05, 4.69) is 5.32 Å². The van der Waals surface area contributed by atoms with Crippen molar-refractivity contribution in [1.82, 2.24) is 5.32 Å². The van der Waals surface area contributed by atoms with Crippen LogP contribution in [-0.4, -0.2) is 36.0 Å². The van der Waals surface area contributed by atoms with Gasteiger partial charge in [0.2, 0.25) is 0 Å². The summed E-state index contributed by atoms with van der Waals surface area (Å²) in [6, 6.07) is 12.0. The van der Waals surface area contributed by atoms with Gasteiger partial charge in [0, 0.05) is 12.5 Å². The van der Waals surface area contributed by atoms with Gasteiger partial charge in [-0.15, -0.1) is 0 Å². The summed E-state index contributed by atoms with van der Waals surface area (Å²) in [6.45, 7) is 4.93. The monoisotopic (exact) mass is 481 g/mol. The fourth-order valence-electron chi connectivity index (χ4n) is 4.09. The first-order chi connectivity index (χ1) is 15.8. The fraction of sp³-hybridized carbons (Fsp3) is 0.440. The van der Waals surface area contributed by atoms with E-state index in [0.29, 0.717) is 0 Å². The van der Waals surface area contributed by atoms with Gasteiger partial charge in [-0.3, -0.25) is 4.79 Å². The van der Waals surface area contributed by atoms with Gasteiger partial charge in [0.15, 0.2) is 0 Å². The van der Waals surface area contributed by atoms with E-state index in [1.807, 2.05) is 0 Å². The Morgan fingerprint density at radius 1 is 1.09 bits per heavy atom. The average Bonchev–Trinajstić information content (AvgIpc) is 3.08. The van der Waals surface area contributed by atoms with E-state index in [0.717, 1.165) is 0 Å². The second-order valence-electron chi connectivity index (χ2n) is 9.30. The lowest BCUT2D eigenvalue weighted by molar-refractivity contribution is -0.178. The molecular weight excluding hydrogens is 454 g/mol. The minimum Gasteiger partial charge on any atom is -0.461 e. The van der Waals surface area contributed by atoms with Crippen LogP contribution in [0.4, 0.5) is 22.4 Å². The molecule has 1 fully saturated rings. The van der Waals surface area contributed by atoms with Crippen LogP contribution in [0, 0.1) is 11.7 Å². The van der Waals surface area contributed by atoms with Crippen molar-refractivity contribution >= 4 is 12.1 Å². The predicted octanol–water partition coefficient (Wildman–Crippen LogP) is 5.54. The second-order valence-corrected chi connectivity index (χ2v) is 9.30. The molecule has 0 bridgehead atoms. The highest BCUT2D eigenvalue weighted by atomic mass is 19.4. The molecule has 2 aromatic rings. The average molecular weight is 481 g/mol. The van der Waals surface area contributed by atoms with Crippen molar-refractivity contribution in [2.75, 3.05) is 0 Å². The molecule has 4 atom stereocenters. The van der Waals surface area contributed by atoms with Crippen LogP contribution in [0.15, 0.2) is 54.6 Å². The highest BCUT2D eigenvalue weighted by Gasteiger charge is 2.53. The van der Waals surface area contributed by atoms with Crippen molar-refractivity contribution in [2.45, 2.75) is 63.5 Å². The number of halogens is 4. The minimum absolute atomic E-state index is 0.0285. The third kappa shape index (κ3) is 6.48. The Bertz CT molecular complexity index is 1000. The van der Waals surface area contributed by atoms with E-state index in [9.17, 15) is 27.2 Å². The van der Waals surface area contributed by atoms with Crippen LogP contribution in [0.1, 0.15) is 44.2 Å². The molecule has 0 radical (unpaired) electrons. The molecule has 0 spiro atoms. The number of cyclic esters (lactones) is 1. The van der Waals surface area contributed by atoms with Crippen molar-refractivity contribution in [3.8, 4) is 0 Å². The van der Waals surface area contributed by atoms with Crippen molar-refractivity contribution in [2.24, 2.45) is 5.92 Å². The Kier molecular flexibility index (Phi) is 7.53. The predicted molar refractivity (Wildman–Crippen MR) is 116 cm³/mol. The third-order valence-electron chi connectivity index (χ3n) is 5.53. The number of hydrogen-bond acceptors (Lipinski definition) is 4. The van der Waals surface area contributed by atoms with Gasteiger partial charge in [-0.05, 0) is 44.4 Å². The molecule has 1 aliphatic rings. The first-order valence-corrected chi connectivity index (χ1v) is 10.9.